The van der Waals surface area contributed by atoms with Gasteiger partial charge < -0.3 is 5.32 Å². The van der Waals surface area contributed by atoms with Crippen LogP contribution < -0.4 is 5.32 Å². The van der Waals surface area contributed by atoms with Crippen LogP contribution in [0, 0.1) is 18.8 Å². The largest absolute Gasteiger partial charge is 0.316 e. The normalized spacial score (nSPS) is 23.8. The molecule has 112 valence electrons. The lowest BCUT2D eigenvalue weighted by Crippen LogP contribution is -2.29. The second-order valence-corrected chi connectivity index (χ2v) is 6.97. The quantitative estimate of drug-likeness (QED) is 0.752. The molecule has 1 saturated carbocycles. The van der Waals surface area contributed by atoms with Gasteiger partial charge in [-0.25, -0.2) is 0 Å². The predicted octanol–water partition coefficient (Wildman–Crippen LogP) is 4.90. The monoisotopic (exact) mass is 273 g/mol. The average molecular weight is 273 g/mol. The van der Waals surface area contributed by atoms with E-state index in [2.05, 4.69) is 50.4 Å². The van der Waals surface area contributed by atoms with E-state index >= 15 is 0 Å². The average Bonchev–Trinajstić information content (AvgIpc) is 2.65. The molecular weight excluding hydrogens is 242 g/mol. The number of hydrogen-bond donors (Lipinski definition) is 1. The summed E-state index contributed by atoms with van der Waals surface area (Å²) in [6.45, 7) is 9.10. The molecule has 0 saturated heterocycles. The number of nitrogens with one attached hydrogen (secondary N) is 1. The molecule has 0 bridgehead atoms. The van der Waals surface area contributed by atoms with Crippen LogP contribution in [-0.2, 0) is 0 Å². The van der Waals surface area contributed by atoms with E-state index in [1.807, 2.05) is 0 Å². The Balaban J connectivity index is 2.02. The van der Waals surface area contributed by atoms with Crippen LogP contribution in [0.5, 0.6) is 0 Å². The zero-order valence-electron chi connectivity index (χ0n) is 13.5. The maximum atomic E-state index is 3.69. The van der Waals surface area contributed by atoms with Gasteiger partial charge in [0.05, 0.1) is 0 Å². The van der Waals surface area contributed by atoms with Crippen molar-refractivity contribution in [2.75, 3.05) is 13.1 Å². The fraction of sp³-hybridized carbons (Fsp3) is 0.684. The van der Waals surface area contributed by atoms with Gasteiger partial charge >= 0.3 is 0 Å². The second-order valence-electron chi connectivity index (χ2n) is 6.97. The molecule has 20 heavy (non-hydrogen) atoms. The Morgan fingerprint density at radius 2 is 1.75 bits per heavy atom. The molecule has 1 aromatic rings. The lowest BCUT2D eigenvalue weighted by molar-refractivity contribution is 0.366. The van der Waals surface area contributed by atoms with E-state index in [0.717, 1.165) is 24.3 Å². The molecule has 1 N–H and O–H groups in total. The minimum Gasteiger partial charge on any atom is -0.316 e. The summed E-state index contributed by atoms with van der Waals surface area (Å²) < 4.78 is 0. The third kappa shape index (κ3) is 4.63. The molecule has 1 aromatic carbocycles. The van der Waals surface area contributed by atoms with Crippen LogP contribution >= 0.6 is 0 Å². The van der Waals surface area contributed by atoms with Gasteiger partial charge in [-0.1, -0.05) is 62.9 Å². The predicted molar refractivity (Wildman–Crippen MR) is 88.2 cm³/mol. The Labute approximate surface area is 125 Å². The zero-order chi connectivity index (χ0) is 14.4. The first kappa shape index (κ1) is 15.6. The first-order chi connectivity index (χ1) is 9.66. The molecule has 1 aliphatic rings. The summed E-state index contributed by atoms with van der Waals surface area (Å²) in [5.74, 6) is 2.33. The van der Waals surface area contributed by atoms with Crippen LogP contribution in [-0.4, -0.2) is 13.1 Å². The van der Waals surface area contributed by atoms with E-state index in [0.29, 0.717) is 0 Å². The third-order valence-corrected chi connectivity index (χ3v) is 4.62. The Kier molecular flexibility index (Phi) is 6.09. The number of rotatable bonds is 5. The summed E-state index contributed by atoms with van der Waals surface area (Å²) in [7, 11) is 0. The van der Waals surface area contributed by atoms with Crippen LogP contribution in [0.1, 0.15) is 63.0 Å². The van der Waals surface area contributed by atoms with Crippen molar-refractivity contribution in [2.45, 2.75) is 58.8 Å². The van der Waals surface area contributed by atoms with Crippen molar-refractivity contribution in [1.82, 2.24) is 5.32 Å². The van der Waals surface area contributed by atoms with Crippen LogP contribution in [0.4, 0.5) is 0 Å². The summed E-state index contributed by atoms with van der Waals surface area (Å²) >= 11 is 0. The van der Waals surface area contributed by atoms with Gasteiger partial charge in [0.15, 0.2) is 0 Å². The Morgan fingerprint density at radius 1 is 1.05 bits per heavy atom. The molecule has 1 heteroatoms. The minimum atomic E-state index is 0.749. The molecule has 2 atom stereocenters. The van der Waals surface area contributed by atoms with Crippen molar-refractivity contribution in [3.05, 3.63) is 35.4 Å². The van der Waals surface area contributed by atoms with Gasteiger partial charge in [-0.15, -0.1) is 0 Å². The molecule has 0 amide bonds. The molecule has 1 fully saturated rings. The van der Waals surface area contributed by atoms with Crippen molar-refractivity contribution in [1.29, 1.82) is 0 Å². The molecule has 1 nitrogen and oxygen atoms in total. The lowest BCUT2D eigenvalue weighted by Gasteiger charge is -2.26. The highest BCUT2D eigenvalue weighted by molar-refractivity contribution is 5.25. The van der Waals surface area contributed by atoms with Gasteiger partial charge in [-0.3, -0.25) is 0 Å². The summed E-state index contributed by atoms with van der Waals surface area (Å²) in [6.07, 6.45) is 7.00. The standard InChI is InChI=1S/C19H31N/c1-15(2)13-20-14-18-7-5-4-6-8-19(18)17-11-9-16(3)10-12-17/h9-12,15,18-20H,4-8,13-14H2,1-3H3. The summed E-state index contributed by atoms with van der Waals surface area (Å²) in [5.41, 5.74) is 2.94. The van der Waals surface area contributed by atoms with E-state index in [1.54, 1.807) is 5.56 Å². The summed E-state index contributed by atoms with van der Waals surface area (Å²) in [5, 5.41) is 3.69. The molecule has 0 aliphatic heterocycles. The van der Waals surface area contributed by atoms with Crippen molar-refractivity contribution < 1.29 is 0 Å². The van der Waals surface area contributed by atoms with Crippen LogP contribution in [0.3, 0.4) is 0 Å². The van der Waals surface area contributed by atoms with Crippen molar-refractivity contribution in [3.8, 4) is 0 Å². The highest BCUT2D eigenvalue weighted by Crippen LogP contribution is 2.36. The SMILES string of the molecule is Cc1ccc(C2CCCCCC2CNCC(C)C)cc1. The molecule has 0 heterocycles. The van der Waals surface area contributed by atoms with Gasteiger partial charge in [-0.2, -0.15) is 0 Å². The number of benzene rings is 1. The van der Waals surface area contributed by atoms with E-state index in [1.165, 1.54) is 44.2 Å². The molecule has 0 aromatic heterocycles. The highest BCUT2D eigenvalue weighted by atomic mass is 14.9. The lowest BCUT2D eigenvalue weighted by atomic mass is 9.82. The van der Waals surface area contributed by atoms with Gasteiger partial charge in [0, 0.05) is 0 Å². The molecule has 1 aliphatic carbocycles. The highest BCUT2D eigenvalue weighted by Gasteiger charge is 2.24. The Hall–Kier alpha value is -0.820. The van der Waals surface area contributed by atoms with Crippen LogP contribution in [0.15, 0.2) is 24.3 Å². The van der Waals surface area contributed by atoms with Crippen LogP contribution in [0.25, 0.3) is 0 Å². The van der Waals surface area contributed by atoms with Crippen molar-refractivity contribution in [3.63, 3.8) is 0 Å². The second kappa shape index (κ2) is 7.83. The van der Waals surface area contributed by atoms with E-state index in [9.17, 15) is 0 Å². The Bertz CT molecular complexity index is 379. The summed E-state index contributed by atoms with van der Waals surface area (Å²) in [4.78, 5) is 0. The van der Waals surface area contributed by atoms with Crippen molar-refractivity contribution in [2.24, 2.45) is 11.8 Å². The van der Waals surface area contributed by atoms with Gasteiger partial charge in [-0.05, 0) is 56.2 Å². The first-order valence-electron chi connectivity index (χ1n) is 8.44. The molecule has 0 spiro atoms. The van der Waals surface area contributed by atoms with E-state index in [4.69, 9.17) is 0 Å². The molecular formula is C19H31N. The van der Waals surface area contributed by atoms with Crippen LogP contribution in [0.2, 0.25) is 0 Å². The number of hydrogen-bond acceptors (Lipinski definition) is 1. The maximum absolute atomic E-state index is 3.69. The third-order valence-electron chi connectivity index (χ3n) is 4.62. The molecule has 2 unspecified atom stereocenters. The smallest absolute Gasteiger partial charge is 0.00146 e. The fourth-order valence-corrected chi connectivity index (χ4v) is 3.44. The zero-order valence-corrected chi connectivity index (χ0v) is 13.5. The summed E-state index contributed by atoms with van der Waals surface area (Å²) in [6, 6.07) is 9.28. The van der Waals surface area contributed by atoms with Gasteiger partial charge in [0.2, 0.25) is 0 Å². The Morgan fingerprint density at radius 3 is 2.45 bits per heavy atom. The first-order valence-corrected chi connectivity index (χ1v) is 8.44. The van der Waals surface area contributed by atoms with E-state index in [-0.39, 0.29) is 0 Å². The molecule has 2 rings (SSSR count). The van der Waals surface area contributed by atoms with Crippen molar-refractivity contribution >= 4 is 0 Å². The number of aryl methyl sites for hydroxylation is 1. The maximum Gasteiger partial charge on any atom is -0.00146 e. The van der Waals surface area contributed by atoms with E-state index < -0.39 is 0 Å². The minimum absolute atomic E-state index is 0.749. The van der Waals surface area contributed by atoms with Gasteiger partial charge in [0.1, 0.15) is 0 Å². The fourth-order valence-electron chi connectivity index (χ4n) is 3.44. The molecule has 0 radical (unpaired) electrons. The van der Waals surface area contributed by atoms with Gasteiger partial charge in [0.25, 0.3) is 0 Å². The topological polar surface area (TPSA) is 12.0 Å².